The highest BCUT2D eigenvalue weighted by Gasteiger charge is 2.30. The van der Waals surface area contributed by atoms with Crippen LogP contribution in [0.15, 0.2) is 59.4 Å². The molecule has 1 fully saturated rings. The highest BCUT2D eigenvalue weighted by atomic mass is 19.1. The molecule has 0 unspecified atom stereocenters. The third kappa shape index (κ3) is 5.82. The first kappa shape index (κ1) is 31.2. The molecule has 1 amide bonds. The van der Waals surface area contributed by atoms with E-state index >= 15 is 8.78 Å². The SMILES string of the molecule is COC(=O)[C@H](Cc1ccc(-c2cc3ccccc3n(C)c2=O)c2c1CCCO2)NC(=O)c1c(F)cc(N2CCOC[C@@H]2C)cc1F. The molecule has 3 aromatic carbocycles. The van der Waals surface area contributed by atoms with Gasteiger partial charge in [-0.3, -0.25) is 9.59 Å². The smallest absolute Gasteiger partial charge is 0.328 e. The van der Waals surface area contributed by atoms with E-state index < -0.39 is 35.1 Å². The van der Waals surface area contributed by atoms with Crippen molar-refractivity contribution in [1.82, 2.24) is 9.88 Å². The number of aryl methyl sites for hydroxylation is 1. The Balaban J connectivity index is 1.31. The Bertz CT molecular complexity index is 1870. The summed E-state index contributed by atoms with van der Waals surface area (Å²) >= 11 is 0. The average molecular weight is 632 g/mol. The van der Waals surface area contributed by atoms with Crippen LogP contribution in [-0.2, 0) is 34.2 Å². The minimum Gasteiger partial charge on any atom is -0.493 e. The second-order valence-electron chi connectivity index (χ2n) is 11.7. The van der Waals surface area contributed by atoms with E-state index in [1.165, 1.54) is 7.11 Å². The Morgan fingerprint density at radius 1 is 1.07 bits per heavy atom. The van der Waals surface area contributed by atoms with E-state index in [1.54, 1.807) is 23.7 Å². The van der Waals surface area contributed by atoms with Crippen LogP contribution in [0.1, 0.15) is 34.8 Å². The number of pyridine rings is 1. The number of hydrogen-bond donors (Lipinski definition) is 1. The molecule has 4 aromatic rings. The summed E-state index contributed by atoms with van der Waals surface area (Å²) in [6.07, 6.45) is 1.30. The molecule has 1 saturated heterocycles. The van der Waals surface area contributed by atoms with Crippen molar-refractivity contribution in [2.24, 2.45) is 7.05 Å². The molecule has 0 radical (unpaired) electrons. The van der Waals surface area contributed by atoms with Crippen molar-refractivity contribution in [1.29, 1.82) is 0 Å². The summed E-state index contributed by atoms with van der Waals surface area (Å²) in [6.45, 7) is 3.63. The molecule has 11 heteroatoms. The second-order valence-corrected chi connectivity index (χ2v) is 11.7. The van der Waals surface area contributed by atoms with Crippen LogP contribution < -0.4 is 20.5 Å². The number of methoxy groups -OCH3 is 1. The van der Waals surface area contributed by atoms with Gasteiger partial charge in [-0.2, -0.15) is 0 Å². The zero-order chi connectivity index (χ0) is 32.5. The van der Waals surface area contributed by atoms with Gasteiger partial charge in [-0.15, -0.1) is 0 Å². The number of fused-ring (bicyclic) bond motifs is 2. The monoisotopic (exact) mass is 631 g/mol. The van der Waals surface area contributed by atoms with Gasteiger partial charge in [0.05, 0.1) is 38.0 Å². The molecule has 0 bridgehead atoms. The summed E-state index contributed by atoms with van der Waals surface area (Å²) in [5.74, 6) is -3.39. The van der Waals surface area contributed by atoms with Crippen molar-refractivity contribution in [3.8, 4) is 16.9 Å². The zero-order valence-corrected chi connectivity index (χ0v) is 25.9. The van der Waals surface area contributed by atoms with Crippen molar-refractivity contribution in [2.75, 3.05) is 38.4 Å². The number of carbonyl (C=O) groups excluding carboxylic acids is 2. The van der Waals surface area contributed by atoms with E-state index in [1.807, 2.05) is 42.2 Å². The summed E-state index contributed by atoms with van der Waals surface area (Å²) < 4.78 is 48.6. The standard InChI is InChI=1S/C35H35F2N3O6/c1-20-19-45-14-12-40(20)23-17-27(36)31(28(37)18-23)33(41)38-29(35(43)44-3)16-21-10-11-25(32-24(21)8-6-13-46-32)26-15-22-7-4-5-9-30(22)39(2)34(26)42/h4-5,7,9-11,15,17-18,20,29H,6,8,12-14,16,19H2,1-3H3,(H,38,41)/t20-,29-/m0/s1. The molecule has 2 aliphatic heterocycles. The normalized spacial score (nSPS) is 16.8. The van der Waals surface area contributed by atoms with Crippen LogP contribution in [0.2, 0.25) is 0 Å². The van der Waals surface area contributed by atoms with Crippen molar-refractivity contribution in [2.45, 2.75) is 38.3 Å². The van der Waals surface area contributed by atoms with Crippen molar-refractivity contribution >= 4 is 28.5 Å². The summed E-state index contributed by atoms with van der Waals surface area (Å²) in [5, 5.41) is 3.39. The lowest BCUT2D eigenvalue weighted by atomic mass is 9.90. The van der Waals surface area contributed by atoms with Gasteiger partial charge < -0.3 is 29.0 Å². The minimum absolute atomic E-state index is 0.0211. The van der Waals surface area contributed by atoms with Crippen LogP contribution in [0, 0.1) is 11.6 Å². The summed E-state index contributed by atoms with van der Waals surface area (Å²) in [6, 6.07) is 13.9. The van der Waals surface area contributed by atoms with Crippen molar-refractivity contribution in [3.63, 3.8) is 0 Å². The summed E-state index contributed by atoms with van der Waals surface area (Å²) in [7, 11) is 2.90. The van der Waals surface area contributed by atoms with E-state index in [9.17, 15) is 14.4 Å². The van der Waals surface area contributed by atoms with Gasteiger partial charge in [0.15, 0.2) is 0 Å². The molecule has 0 spiro atoms. The lowest BCUT2D eigenvalue weighted by molar-refractivity contribution is -0.142. The molecule has 1 N–H and O–H groups in total. The molecule has 46 heavy (non-hydrogen) atoms. The first-order valence-electron chi connectivity index (χ1n) is 15.3. The predicted molar refractivity (Wildman–Crippen MR) is 169 cm³/mol. The van der Waals surface area contributed by atoms with Crippen LogP contribution >= 0.6 is 0 Å². The lowest BCUT2D eigenvalue weighted by Gasteiger charge is -2.35. The molecule has 0 aliphatic carbocycles. The topological polar surface area (TPSA) is 99.1 Å². The number of aromatic nitrogens is 1. The second kappa shape index (κ2) is 12.9. The molecule has 2 atom stereocenters. The number of para-hydroxylation sites is 1. The molecular weight excluding hydrogens is 596 g/mol. The van der Waals surface area contributed by atoms with Crippen LogP contribution in [0.5, 0.6) is 5.75 Å². The number of hydrogen-bond acceptors (Lipinski definition) is 7. The number of anilines is 1. The number of nitrogens with one attached hydrogen (secondary N) is 1. The lowest BCUT2D eigenvalue weighted by Crippen LogP contribution is -2.44. The van der Waals surface area contributed by atoms with Gasteiger partial charge >= 0.3 is 5.97 Å². The number of benzene rings is 3. The van der Waals surface area contributed by atoms with Crippen LogP contribution in [0.4, 0.5) is 14.5 Å². The van der Waals surface area contributed by atoms with Gasteiger partial charge in [-0.1, -0.05) is 30.3 Å². The Labute approximate surface area is 264 Å². The van der Waals surface area contributed by atoms with Crippen molar-refractivity contribution < 1.29 is 32.6 Å². The molecular formula is C35H35F2N3O6. The number of nitrogens with zero attached hydrogens (tertiary/aromatic N) is 2. The molecule has 3 heterocycles. The maximum Gasteiger partial charge on any atom is 0.328 e. The Kier molecular flexibility index (Phi) is 8.77. The van der Waals surface area contributed by atoms with Crippen molar-refractivity contribution in [3.05, 3.63) is 93.3 Å². The third-order valence-corrected chi connectivity index (χ3v) is 8.77. The van der Waals surface area contributed by atoms with E-state index in [4.69, 9.17) is 14.2 Å². The fraction of sp³-hybridized carbons (Fsp3) is 0.343. The summed E-state index contributed by atoms with van der Waals surface area (Å²) in [5.41, 5.74) is 2.73. The van der Waals surface area contributed by atoms with E-state index in [-0.39, 0.29) is 18.0 Å². The minimum atomic E-state index is -1.25. The fourth-order valence-electron chi connectivity index (χ4n) is 6.39. The highest BCUT2D eigenvalue weighted by Crippen LogP contribution is 2.38. The number of carbonyl (C=O) groups is 2. The first-order chi connectivity index (χ1) is 22.2. The predicted octanol–water partition coefficient (Wildman–Crippen LogP) is 4.55. The highest BCUT2D eigenvalue weighted by molar-refractivity contribution is 5.97. The fourth-order valence-corrected chi connectivity index (χ4v) is 6.39. The third-order valence-electron chi connectivity index (χ3n) is 8.77. The Morgan fingerprint density at radius 3 is 2.57 bits per heavy atom. The van der Waals surface area contributed by atoms with Crippen LogP contribution in [0.25, 0.3) is 22.0 Å². The van der Waals surface area contributed by atoms with E-state index in [2.05, 4.69) is 5.32 Å². The molecule has 0 saturated carbocycles. The van der Waals surface area contributed by atoms with E-state index in [0.717, 1.165) is 28.6 Å². The molecule has 1 aromatic heterocycles. The maximum atomic E-state index is 15.3. The summed E-state index contributed by atoms with van der Waals surface area (Å²) in [4.78, 5) is 41.4. The van der Waals surface area contributed by atoms with E-state index in [0.29, 0.717) is 67.3 Å². The largest absolute Gasteiger partial charge is 0.493 e. The first-order valence-corrected chi connectivity index (χ1v) is 15.3. The quantitative estimate of drug-likeness (QED) is 0.299. The van der Waals surface area contributed by atoms with Crippen LogP contribution in [-0.4, -0.2) is 62.0 Å². The molecule has 9 nitrogen and oxygen atoms in total. The van der Waals surface area contributed by atoms with Gasteiger partial charge in [0, 0.05) is 37.3 Å². The van der Waals surface area contributed by atoms with Gasteiger partial charge in [0.25, 0.3) is 11.5 Å². The number of halogens is 2. The molecule has 2 aliphatic rings. The number of ether oxygens (including phenoxy) is 3. The average Bonchev–Trinajstić information content (AvgIpc) is 3.05. The van der Waals surface area contributed by atoms with Crippen LogP contribution in [0.3, 0.4) is 0 Å². The zero-order valence-electron chi connectivity index (χ0n) is 25.9. The van der Waals surface area contributed by atoms with Gasteiger partial charge in [0.2, 0.25) is 0 Å². The molecule has 240 valence electrons. The van der Waals surface area contributed by atoms with Gasteiger partial charge in [-0.25, -0.2) is 13.6 Å². The number of rotatable bonds is 7. The Morgan fingerprint density at radius 2 is 1.83 bits per heavy atom. The number of amides is 1. The van der Waals surface area contributed by atoms with Gasteiger partial charge in [-0.05, 0) is 60.5 Å². The maximum absolute atomic E-state index is 15.3. The molecule has 6 rings (SSSR count). The Hall–Kier alpha value is -4.77. The van der Waals surface area contributed by atoms with Gasteiger partial charge in [0.1, 0.15) is 29.0 Å². The number of morpholine rings is 1. The number of esters is 1.